The second kappa shape index (κ2) is 6.20. The number of hydrogen-bond donors (Lipinski definition) is 2. The molecule has 1 amide bonds. The molecule has 0 spiro atoms. The van der Waals surface area contributed by atoms with Crippen LogP contribution in [-0.4, -0.2) is 29.5 Å². The molecule has 1 aliphatic carbocycles. The van der Waals surface area contributed by atoms with Crippen LogP contribution in [0.4, 0.5) is 5.82 Å². The Morgan fingerprint density at radius 1 is 1.25 bits per heavy atom. The maximum atomic E-state index is 11.8. The monoisotopic (exact) mass is 276 g/mol. The average molecular weight is 276 g/mol. The Morgan fingerprint density at radius 3 is 2.75 bits per heavy atom. The van der Waals surface area contributed by atoms with Crippen molar-refractivity contribution >= 4 is 11.7 Å². The van der Waals surface area contributed by atoms with Gasteiger partial charge in [-0.3, -0.25) is 4.79 Å². The summed E-state index contributed by atoms with van der Waals surface area (Å²) >= 11 is 0. The van der Waals surface area contributed by atoms with Crippen molar-refractivity contribution in [3.05, 3.63) is 17.6 Å². The predicted molar refractivity (Wildman–Crippen MR) is 79.6 cm³/mol. The van der Waals surface area contributed by atoms with Gasteiger partial charge in [-0.25, -0.2) is 9.97 Å². The fourth-order valence-corrected chi connectivity index (χ4v) is 2.57. The number of anilines is 1. The van der Waals surface area contributed by atoms with Crippen LogP contribution in [0.5, 0.6) is 0 Å². The van der Waals surface area contributed by atoms with Crippen molar-refractivity contribution in [2.24, 2.45) is 5.41 Å². The lowest BCUT2D eigenvalue weighted by molar-refractivity contribution is -0.128. The fourth-order valence-electron chi connectivity index (χ4n) is 2.57. The standard InChI is InChI=1S/C15H24N4O/c1-15(2,14(20)16-3)9-17-13-11-7-5-4-6-8-12(11)18-10-19-13/h10H,4-9H2,1-3H3,(H,16,20)(H,17,18,19). The van der Waals surface area contributed by atoms with Crippen LogP contribution in [-0.2, 0) is 17.6 Å². The molecule has 1 aromatic rings. The van der Waals surface area contributed by atoms with Crippen molar-refractivity contribution in [1.82, 2.24) is 15.3 Å². The van der Waals surface area contributed by atoms with Gasteiger partial charge in [0, 0.05) is 24.8 Å². The summed E-state index contributed by atoms with van der Waals surface area (Å²) in [7, 11) is 1.67. The van der Waals surface area contributed by atoms with Gasteiger partial charge < -0.3 is 10.6 Å². The molecule has 1 heterocycles. The lowest BCUT2D eigenvalue weighted by Crippen LogP contribution is -2.39. The Kier molecular flexibility index (Phi) is 4.57. The molecule has 0 saturated heterocycles. The second-order valence-corrected chi connectivity index (χ2v) is 6.02. The first-order valence-electron chi connectivity index (χ1n) is 7.33. The summed E-state index contributed by atoms with van der Waals surface area (Å²) in [5.74, 6) is 0.930. The SMILES string of the molecule is CNC(=O)C(C)(C)CNc1ncnc2c1CCCCC2. The van der Waals surface area contributed by atoms with Crippen LogP contribution in [0.1, 0.15) is 44.4 Å². The summed E-state index contributed by atoms with van der Waals surface area (Å²) in [4.78, 5) is 20.6. The van der Waals surface area contributed by atoms with Crippen LogP contribution >= 0.6 is 0 Å². The highest BCUT2D eigenvalue weighted by molar-refractivity contribution is 5.82. The molecule has 20 heavy (non-hydrogen) atoms. The van der Waals surface area contributed by atoms with E-state index in [0.717, 1.165) is 24.4 Å². The van der Waals surface area contributed by atoms with Gasteiger partial charge in [-0.2, -0.15) is 0 Å². The summed E-state index contributed by atoms with van der Waals surface area (Å²) in [6, 6.07) is 0. The molecule has 0 aromatic carbocycles. The lowest BCUT2D eigenvalue weighted by atomic mass is 9.92. The smallest absolute Gasteiger partial charge is 0.227 e. The molecule has 0 saturated carbocycles. The van der Waals surface area contributed by atoms with Crippen LogP contribution < -0.4 is 10.6 Å². The van der Waals surface area contributed by atoms with Crippen molar-refractivity contribution in [2.75, 3.05) is 18.9 Å². The first-order valence-corrected chi connectivity index (χ1v) is 7.33. The Balaban J connectivity index is 2.12. The highest BCUT2D eigenvalue weighted by atomic mass is 16.2. The Morgan fingerprint density at radius 2 is 2.00 bits per heavy atom. The van der Waals surface area contributed by atoms with Crippen LogP contribution in [0.3, 0.4) is 0 Å². The molecule has 0 fully saturated rings. The minimum Gasteiger partial charge on any atom is -0.369 e. The van der Waals surface area contributed by atoms with E-state index < -0.39 is 5.41 Å². The molecule has 0 bridgehead atoms. The van der Waals surface area contributed by atoms with E-state index in [4.69, 9.17) is 0 Å². The fraction of sp³-hybridized carbons (Fsp3) is 0.667. The maximum absolute atomic E-state index is 11.8. The largest absolute Gasteiger partial charge is 0.369 e. The zero-order chi connectivity index (χ0) is 14.6. The van der Waals surface area contributed by atoms with Crippen molar-refractivity contribution < 1.29 is 4.79 Å². The molecule has 1 aromatic heterocycles. The quantitative estimate of drug-likeness (QED) is 0.825. The van der Waals surface area contributed by atoms with E-state index in [-0.39, 0.29) is 5.91 Å². The number of aromatic nitrogens is 2. The molecule has 5 nitrogen and oxygen atoms in total. The van der Waals surface area contributed by atoms with Crippen LogP contribution in [0.2, 0.25) is 0 Å². The number of carbonyl (C=O) groups is 1. The highest BCUT2D eigenvalue weighted by Gasteiger charge is 2.27. The van der Waals surface area contributed by atoms with Crippen molar-refractivity contribution in [1.29, 1.82) is 0 Å². The summed E-state index contributed by atoms with van der Waals surface area (Å²) in [5, 5.41) is 6.05. The zero-order valence-corrected chi connectivity index (χ0v) is 12.6. The molecule has 0 aliphatic heterocycles. The third-order valence-electron chi connectivity index (χ3n) is 3.91. The van der Waals surface area contributed by atoms with E-state index in [1.54, 1.807) is 13.4 Å². The summed E-state index contributed by atoms with van der Waals surface area (Å²) in [6.45, 7) is 4.42. The number of carbonyl (C=O) groups excluding carboxylic acids is 1. The highest BCUT2D eigenvalue weighted by Crippen LogP contribution is 2.25. The van der Waals surface area contributed by atoms with Gasteiger partial charge in [0.2, 0.25) is 5.91 Å². The molecule has 2 N–H and O–H groups in total. The predicted octanol–water partition coefficient (Wildman–Crippen LogP) is 1.93. The number of hydrogen-bond acceptors (Lipinski definition) is 4. The molecule has 0 atom stereocenters. The van der Waals surface area contributed by atoms with Crippen molar-refractivity contribution in [3.8, 4) is 0 Å². The van der Waals surface area contributed by atoms with Gasteiger partial charge in [-0.1, -0.05) is 6.42 Å². The first kappa shape index (κ1) is 14.8. The van der Waals surface area contributed by atoms with E-state index in [1.807, 2.05) is 13.8 Å². The van der Waals surface area contributed by atoms with Gasteiger partial charge in [-0.15, -0.1) is 0 Å². The second-order valence-electron chi connectivity index (χ2n) is 6.02. The molecule has 110 valence electrons. The lowest BCUT2D eigenvalue weighted by Gasteiger charge is -2.24. The summed E-state index contributed by atoms with van der Waals surface area (Å²) in [5.41, 5.74) is 1.94. The zero-order valence-electron chi connectivity index (χ0n) is 12.6. The van der Waals surface area contributed by atoms with Gasteiger partial charge in [-0.05, 0) is 39.5 Å². The van der Waals surface area contributed by atoms with E-state index in [2.05, 4.69) is 20.6 Å². The minimum atomic E-state index is -0.461. The van der Waals surface area contributed by atoms with Gasteiger partial charge in [0.25, 0.3) is 0 Å². The van der Waals surface area contributed by atoms with E-state index in [1.165, 1.54) is 24.8 Å². The van der Waals surface area contributed by atoms with Gasteiger partial charge in [0.1, 0.15) is 12.1 Å². The molecule has 2 rings (SSSR count). The Labute approximate surface area is 120 Å². The van der Waals surface area contributed by atoms with Gasteiger partial charge in [0.05, 0.1) is 5.41 Å². The molecule has 5 heteroatoms. The van der Waals surface area contributed by atoms with Crippen LogP contribution in [0, 0.1) is 5.41 Å². The Bertz CT molecular complexity index is 485. The number of nitrogens with one attached hydrogen (secondary N) is 2. The number of rotatable bonds is 4. The molecule has 0 radical (unpaired) electrons. The number of nitrogens with zero attached hydrogens (tertiary/aromatic N) is 2. The summed E-state index contributed by atoms with van der Waals surface area (Å²) < 4.78 is 0. The third kappa shape index (κ3) is 3.26. The van der Waals surface area contributed by atoms with E-state index >= 15 is 0 Å². The Hall–Kier alpha value is -1.65. The molecular weight excluding hydrogens is 252 g/mol. The van der Waals surface area contributed by atoms with Crippen LogP contribution in [0.15, 0.2) is 6.33 Å². The minimum absolute atomic E-state index is 0.0325. The van der Waals surface area contributed by atoms with E-state index in [9.17, 15) is 4.79 Å². The average Bonchev–Trinajstić information content (AvgIpc) is 2.69. The van der Waals surface area contributed by atoms with Crippen LogP contribution in [0.25, 0.3) is 0 Å². The number of fused-ring (bicyclic) bond motifs is 1. The van der Waals surface area contributed by atoms with Crippen molar-refractivity contribution in [2.45, 2.75) is 46.0 Å². The van der Waals surface area contributed by atoms with E-state index in [0.29, 0.717) is 6.54 Å². The maximum Gasteiger partial charge on any atom is 0.227 e. The number of aryl methyl sites for hydroxylation is 1. The molecule has 0 unspecified atom stereocenters. The topological polar surface area (TPSA) is 66.9 Å². The molecular formula is C15H24N4O. The number of amides is 1. The third-order valence-corrected chi connectivity index (χ3v) is 3.91. The molecule has 1 aliphatic rings. The van der Waals surface area contributed by atoms with Crippen molar-refractivity contribution in [3.63, 3.8) is 0 Å². The first-order chi connectivity index (χ1) is 9.54. The summed E-state index contributed by atoms with van der Waals surface area (Å²) in [6.07, 6.45) is 7.32. The van der Waals surface area contributed by atoms with Gasteiger partial charge in [0.15, 0.2) is 0 Å². The van der Waals surface area contributed by atoms with Gasteiger partial charge >= 0.3 is 0 Å². The normalized spacial score (nSPS) is 15.2.